The average molecular weight is 370 g/mol. The maximum absolute atomic E-state index is 12.8. The van der Waals surface area contributed by atoms with Gasteiger partial charge in [-0.25, -0.2) is 0 Å². The SMILES string of the molecule is CC(=O)NC1=NN(c2ccccc2)C(=O)[C@@H]1Sc1ccc([N+](=O)[O-])cc1. The fraction of sp³-hybridized carbons (Fsp3) is 0.118. The molecule has 8 nitrogen and oxygen atoms in total. The number of hydrogen-bond donors (Lipinski definition) is 1. The number of nitrogens with one attached hydrogen (secondary N) is 1. The van der Waals surface area contributed by atoms with Crippen molar-refractivity contribution in [2.24, 2.45) is 5.10 Å². The topological polar surface area (TPSA) is 105 Å². The second-order valence-corrected chi connectivity index (χ2v) is 6.58. The molecule has 0 saturated heterocycles. The van der Waals surface area contributed by atoms with Gasteiger partial charge in [-0.05, 0) is 24.3 Å². The molecule has 0 radical (unpaired) electrons. The molecule has 0 aliphatic carbocycles. The molecule has 1 atom stereocenters. The zero-order valence-corrected chi connectivity index (χ0v) is 14.5. The number of hydrogen-bond acceptors (Lipinski definition) is 6. The lowest BCUT2D eigenvalue weighted by atomic mass is 10.3. The second kappa shape index (κ2) is 7.36. The Morgan fingerprint density at radius 2 is 1.85 bits per heavy atom. The van der Waals surface area contributed by atoms with E-state index in [2.05, 4.69) is 10.4 Å². The molecule has 9 heteroatoms. The van der Waals surface area contributed by atoms with E-state index in [0.29, 0.717) is 10.6 Å². The summed E-state index contributed by atoms with van der Waals surface area (Å²) in [6.45, 7) is 1.34. The second-order valence-electron chi connectivity index (χ2n) is 5.40. The van der Waals surface area contributed by atoms with Crippen molar-refractivity contribution in [1.29, 1.82) is 0 Å². The standard InChI is InChI=1S/C17H14N4O4S/c1-11(22)18-16-15(26-14-9-7-13(8-10-14)21(24)25)17(23)20(19-16)12-5-3-2-4-6-12/h2-10,15H,1H3,(H,18,19,22)/t15-/m1/s1. The first-order valence-corrected chi connectivity index (χ1v) is 8.50. The van der Waals surface area contributed by atoms with Crippen LogP contribution >= 0.6 is 11.8 Å². The van der Waals surface area contributed by atoms with Crippen LogP contribution in [0.25, 0.3) is 0 Å². The number of benzene rings is 2. The Kier molecular flexibility index (Phi) is 4.99. The minimum Gasteiger partial charge on any atom is -0.312 e. The predicted molar refractivity (Wildman–Crippen MR) is 97.9 cm³/mol. The molecule has 132 valence electrons. The minimum atomic E-state index is -0.749. The lowest BCUT2D eigenvalue weighted by molar-refractivity contribution is -0.384. The van der Waals surface area contributed by atoms with Crippen LogP contribution in [0.1, 0.15) is 6.92 Å². The van der Waals surface area contributed by atoms with Crippen LogP contribution in [-0.2, 0) is 9.59 Å². The number of thioether (sulfide) groups is 1. The van der Waals surface area contributed by atoms with Crippen molar-refractivity contribution in [3.63, 3.8) is 0 Å². The number of carbonyl (C=O) groups excluding carboxylic acids is 2. The van der Waals surface area contributed by atoms with Crippen molar-refractivity contribution in [2.75, 3.05) is 5.01 Å². The van der Waals surface area contributed by atoms with Gasteiger partial charge in [-0.3, -0.25) is 19.7 Å². The third-order valence-electron chi connectivity index (χ3n) is 3.50. The van der Waals surface area contributed by atoms with Crippen LogP contribution in [0.5, 0.6) is 0 Å². The molecule has 0 bridgehead atoms. The van der Waals surface area contributed by atoms with E-state index in [1.807, 2.05) is 6.07 Å². The molecule has 2 amide bonds. The molecule has 1 heterocycles. The number of rotatable bonds is 4. The van der Waals surface area contributed by atoms with E-state index in [1.54, 1.807) is 36.4 Å². The van der Waals surface area contributed by atoms with E-state index in [9.17, 15) is 19.7 Å². The van der Waals surface area contributed by atoms with Crippen molar-refractivity contribution < 1.29 is 14.5 Å². The first-order chi connectivity index (χ1) is 12.5. The maximum Gasteiger partial charge on any atom is 0.269 e. The molecule has 2 aromatic carbocycles. The van der Waals surface area contributed by atoms with Crippen LogP contribution in [0.3, 0.4) is 0 Å². The lowest BCUT2D eigenvalue weighted by Crippen LogP contribution is -2.37. The summed E-state index contributed by atoms with van der Waals surface area (Å²) in [6, 6.07) is 14.7. The summed E-state index contributed by atoms with van der Waals surface area (Å²) in [4.78, 5) is 35.2. The van der Waals surface area contributed by atoms with Gasteiger partial charge < -0.3 is 5.32 Å². The molecule has 1 aliphatic heterocycles. The van der Waals surface area contributed by atoms with Crippen molar-refractivity contribution in [2.45, 2.75) is 17.1 Å². The Bertz CT molecular complexity index is 883. The number of amides is 2. The van der Waals surface area contributed by atoms with Gasteiger partial charge in [-0.15, -0.1) is 16.9 Å². The molecule has 26 heavy (non-hydrogen) atoms. The van der Waals surface area contributed by atoms with Gasteiger partial charge in [-0.1, -0.05) is 18.2 Å². The Morgan fingerprint density at radius 3 is 2.42 bits per heavy atom. The van der Waals surface area contributed by atoms with Crippen LogP contribution in [0.2, 0.25) is 0 Å². The van der Waals surface area contributed by atoms with Gasteiger partial charge in [0, 0.05) is 24.0 Å². The predicted octanol–water partition coefficient (Wildman–Crippen LogP) is 2.55. The van der Waals surface area contributed by atoms with Crippen LogP contribution in [0.4, 0.5) is 11.4 Å². The number of amidine groups is 1. The maximum atomic E-state index is 12.8. The molecule has 1 aliphatic rings. The molecule has 2 aromatic rings. The van der Waals surface area contributed by atoms with Crippen LogP contribution in [0.15, 0.2) is 64.6 Å². The lowest BCUT2D eigenvalue weighted by Gasteiger charge is -2.14. The highest BCUT2D eigenvalue weighted by Gasteiger charge is 2.38. The van der Waals surface area contributed by atoms with E-state index < -0.39 is 10.2 Å². The van der Waals surface area contributed by atoms with Gasteiger partial charge in [0.05, 0.1) is 10.6 Å². The number of non-ortho nitro benzene ring substituents is 1. The van der Waals surface area contributed by atoms with Crippen LogP contribution in [0, 0.1) is 10.1 Å². The third kappa shape index (κ3) is 3.72. The van der Waals surface area contributed by atoms with E-state index in [-0.39, 0.29) is 23.3 Å². The number of nitrogens with zero attached hydrogens (tertiary/aromatic N) is 3. The van der Waals surface area contributed by atoms with Crippen LogP contribution in [-0.4, -0.2) is 27.8 Å². The summed E-state index contributed by atoms with van der Waals surface area (Å²) in [5.74, 6) is -0.404. The smallest absolute Gasteiger partial charge is 0.269 e. The Labute approximate surface area is 153 Å². The fourth-order valence-corrected chi connectivity index (χ4v) is 3.34. The molecule has 0 spiro atoms. The number of para-hydroxylation sites is 1. The zero-order valence-electron chi connectivity index (χ0n) is 13.7. The molecule has 3 rings (SSSR count). The highest BCUT2D eigenvalue weighted by Crippen LogP contribution is 2.32. The van der Waals surface area contributed by atoms with Gasteiger partial charge in [0.2, 0.25) is 5.91 Å². The van der Waals surface area contributed by atoms with Crippen molar-refractivity contribution in [3.8, 4) is 0 Å². The summed E-state index contributed by atoms with van der Waals surface area (Å²) in [5.41, 5.74) is 0.556. The Balaban J connectivity index is 1.86. The first-order valence-electron chi connectivity index (χ1n) is 7.62. The molecule has 0 aromatic heterocycles. The fourth-order valence-electron chi connectivity index (χ4n) is 2.35. The number of hydrazone groups is 1. The highest BCUT2D eigenvalue weighted by atomic mass is 32.2. The van der Waals surface area contributed by atoms with Gasteiger partial charge in [-0.2, -0.15) is 5.01 Å². The van der Waals surface area contributed by atoms with E-state index in [0.717, 1.165) is 0 Å². The van der Waals surface area contributed by atoms with Gasteiger partial charge in [0.1, 0.15) is 0 Å². The molecule has 0 unspecified atom stereocenters. The number of anilines is 1. The number of carbonyl (C=O) groups is 2. The Morgan fingerprint density at radius 1 is 1.19 bits per heavy atom. The van der Waals surface area contributed by atoms with Crippen molar-refractivity contribution in [1.82, 2.24) is 5.32 Å². The molecule has 0 fully saturated rings. The van der Waals surface area contributed by atoms with Crippen molar-refractivity contribution >= 4 is 40.8 Å². The first kappa shape index (κ1) is 17.6. The van der Waals surface area contributed by atoms with E-state index in [1.165, 1.54) is 35.8 Å². The third-order valence-corrected chi connectivity index (χ3v) is 4.70. The average Bonchev–Trinajstić information content (AvgIpc) is 2.92. The largest absolute Gasteiger partial charge is 0.312 e. The molecule has 0 saturated carbocycles. The quantitative estimate of drug-likeness (QED) is 0.658. The zero-order chi connectivity index (χ0) is 18.7. The van der Waals surface area contributed by atoms with Gasteiger partial charge in [0.25, 0.3) is 11.6 Å². The van der Waals surface area contributed by atoms with Gasteiger partial charge >= 0.3 is 0 Å². The monoisotopic (exact) mass is 370 g/mol. The number of nitro benzene ring substituents is 1. The molecule has 1 N–H and O–H groups in total. The van der Waals surface area contributed by atoms with Gasteiger partial charge in [0.15, 0.2) is 11.1 Å². The van der Waals surface area contributed by atoms with E-state index >= 15 is 0 Å². The summed E-state index contributed by atoms with van der Waals surface area (Å²) >= 11 is 1.17. The Hall–Kier alpha value is -3.20. The highest BCUT2D eigenvalue weighted by molar-refractivity contribution is 8.01. The summed E-state index contributed by atoms with van der Waals surface area (Å²) in [5, 5.41) is 18.1. The normalized spacial score (nSPS) is 16.3. The summed E-state index contributed by atoms with van der Waals surface area (Å²) < 4.78 is 0. The number of nitro groups is 1. The summed E-state index contributed by atoms with van der Waals surface area (Å²) in [7, 11) is 0. The molecular weight excluding hydrogens is 356 g/mol. The van der Waals surface area contributed by atoms with Crippen LogP contribution < -0.4 is 10.3 Å². The minimum absolute atomic E-state index is 0.0336. The van der Waals surface area contributed by atoms with Crippen molar-refractivity contribution in [3.05, 3.63) is 64.7 Å². The summed E-state index contributed by atoms with van der Waals surface area (Å²) in [6.07, 6.45) is 0. The van der Waals surface area contributed by atoms with E-state index in [4.69, 9.17) is 0 Å². The molecular formula is C17H14N4O4S.